The number of hydrogen-bond donors (Lipinski definition) is 1. The summed E-state index contributed by atoms with van der Waals surface area (Å²) in [5.41, 5.74) is 2.53. The van der Waals surface area contributed by atoms with Gasteiger partial charge in [-0.15, -0.1) is 0 Å². The van der Waals surface area contributed by atoms with Crippen molar-refractivity contribution in [2.45, 2.75) is 24.8 Å². The fourth-order valence-electron chi connectivity index (χ4n) is 2.99. The Morgan fingerprint density at radius 2 is 1.45 bits per heavy atom. The van der Waals surface area contributed by atoms with E-state index >= 15 is 0 Å². The standard InChI is InChI=1S/C23H24N2O3S/c1-18-13-15-20(16-14-18)19(2)24-23(26)17-25(21-9-5-3-6-10-21)29(27,28)22-11-7-4-8-12-22/h3-16,19H,17H2,1-2H3,(H,24,26)/t19-/m0/s1. The van der Waals surface area contributed by atoms with Crippen LogP contribution in [-0.4, -0.2) is 20.9 Å². The Kier molecular flexibility index (Phi) is 6.34. The van der Waals surface area contributed by atoms with E-state index in [4.69, 9.17) is 0 Å². The Morgan fingerprint density at radius 3 is 2.03 bits per heavy atom. The molecule has 0 aliphatic rings. The van der Waals surface area contributed by atoms with E-state index in [9.17, 15) is 13.2 Å². The van der Waals surface area contributed by atoms with Crippen LogP contribution in [0, 0.1) is 6.92 Å². The van der Waals surface area contributed by atoms with Gasteiger partial charge in [0.15, 0.2) is 0 Å². The lowest BCUT2D eigenvalue weighted by atomic mass is 10.1. The molecule has 0 spiro atoms. The van der Waals surface area contributed by atoms with Crippen molar-refractivity contribution in [3.63, 3.8) is 0 Å². The van der Waals surface area contributed by atoms with Crippen LogP contribution in [0.3, 0.4) is 0 Å². The Morgan fingerprint density at radius 1 is 0.897 bits per heavy atom. The predicted molar refractivity (Wildman–Crippen MR) is 115 cm³/mol. The summed E-state index contributed by atoms with van der Waals surface area (Å²) in [6.07, 6.45) is 0. The molecule has 1 amide bonds. The lowest BCUT2D eigenvalue weighted by Gasteiger charge is -2.25. The van der Waals surface area contributed by atoms with Gasteiger partial charge in [-0.05, 0) is 43.7 Å². The first-order valence-corrected chi connectivity index (χ1v) is 10.8. The van der Waals surface area contributed by atoms with Crippen molar-refractivity contribution in [2.75, 3.05) is 10.8 Å². The molecule has 0 saturated heterocycles. The van der Waals surface area contributed by atoms with Crippen molar-refractivity contribution in [2.24, 2.45) is 0 Å². The number of anilines is 1. The first kappa shape index (κ1) is 20.6. The van der Waals surface area contributed by atoms with E-state index in [1.165, 1.54) is 12.1 Å². The minimum atomic E-state index is -3.88. The highest BCUT2D eigenvalue weighted by molar-refractivity contribution is 7.92. The van der Waals surface area contributed by atoms with Gasteiger partial charge in [0.2, 0.25) is 5.91 Å². The highest BCUT2D eigenvalue weighted by Gasteiger charge is 2.27. The van der Waals surface area contributed by atoms with Crippen molar-refractivity contribution >= 4 is 21.6 Å². The van der Waals surface area contributed by atoms with Crippen LogP contribution in [0.15, 0.2) is 89.8 Å². The number of carbonyl (C=O) groups is 1. The minimum absolute atomic E-state index is 0.142. The number of sulfonamides is 1. The van der Waals surface area contributed by atoms with Crippen LogP contribution in [0.1, 0.15) is 24.1 Å². The maximum absolute atomic E-state index is 13.2. The molecular weight excluding hydrogens is 384 g/mol. The molecule has 3 aromatic carbocycles. The quantitative estimate of drug-likeness (QED) is 0.641. The first-order chi connectivity index (χ1) is 13.9. The average Bonchev–Trinajstić information content (AvgIpc) is 2.73. The van der Waals surface area contributed by atoms with E-state index in [1.54, 1.807) is 48.5 Å². The number of amides is 1. The van der Waals surface area contributed by atoms with Gasteiger partial charge < -0.3 is 5.32 Å². The molecule has 0 unspecified atom stereocenters. The molecule has 0 heterocycles. The van der Waals surface area contributed by atoms with E-state index < -0.39 is 10.0 Å². The molecule has 3 aromatic rings. The minimum Gasteiger partial charge on any atom is -0.348 e. The molecule has 6 heteroatoms. The van der Waals surface area contributed by atoms with Gasteiger partial charge in [-0.1, -0.05) is 66.2 Å². The largest absolute Gasteiger partial charge is 0.348 e. The lowest BCUT2D eigenvalue weighted by Crippen LogP contribution is -2.41. The zero-order valence-electron chi connectivity index (χ0n) is 16.4. The van der Waals surface area contributed by atoms with Crippen molar-refractivity contribution in [3.05, 3.63) is 96.1 Å². The molecule has 0 aromatic heterocycles. The fraction of sp³-hybridized carbons (Fsp3) is 0.174. The summed E-state index contributed by atoms with van der Waals surface area (Å²) in [7, 11) is -3.88. The zero-order valence-corrected chi connectivity index (χ0v) is 17.3. The summed E-state index contributed by atoms with van der Waals surface area (Å²) in [5, 5.41) is 2.89. The van der Waals surface area contributed by atoms with Crippen LogP contribution in [0.5, 0.6) is 0 Å². The summed E-state index contributed by atoms with van der Waals surface area (Å²) in [5.74, 6) is -0.374. The molecule has 150 valence electrons. The Hall–Kier alpha value is -3.12. The van der Waals surface area contributed by atoms with Crippen molar-refractivity contribution in [3.8, 4) is 0 Å². The Labute approximate surface area is 172 Å². The monoisotopic (exact) mass is 408 g/mol. The SMILES string of the molecule is Cc1ccc([C@H](C)NC(=O)CN(c2ccccc2)S(=O)(=O)c2ccccc2)cc1. The number of para-hydroxylation sites is 1. The highest BCUT2D eigenvalue weighted by Crippen LogP contribution is 2.23. The van der Waals surface area contributed by atoms with Gasteiger partial charge in [0.25, 0.3) is 10.0 Å². The van der Waals surface area contributed by atoms with E-state index in [0.717, 1.165) is 15.4 Å². The number of hydrogen-bond acceptors (Lipinski definition) is 3. The molecule has 3 rings (SSSR count). The van der Waals surface area contributed by atoms with Crippen LogP contribution in [0.25, 0.3) is 0 Å². The maximum atomic E-state index is 13.2. The van der Waals surface area contributed by atoms with Crippen molar-refractivity contribution in [1.29, 1.82) is 0 Å². The number of nitrogens with zero attached hydrogens (tertiary/aromatic N) is 1. The smallest absolute Gasteiger partial charge is 0.264 e. The zero-order chi connectivity index (χ0) is 20.9. The van der Waals surface area contributed by atoms with E-state index in [1.807, 2.05) is 38.1 Å². The molecule has 0 aliphatic heterocycles. The van der Waals surface area contributed by atoms with Crippen LogP contribution in [0.4, 0.5) is 5.69 Å². The Balaban J connectivity index is 1.84. The van der Waals surface area contributed by atoms with E-state index in [2.05, 4.69) is 5.32 Å². The number of rotatable bonds is 7. The summed E-state index contributed by atoms with van der Waals surface area (Å²) in [6.45, 7) is 3.57. The van der Waals surface area contributed by atoms with Gasteiger partial charge in [0.1, 0.15) is 6.54 Å². The fourth-order valence-corrected chi connectivity index (χ4v) is 4.43. The normalized spacial score (nSPS) is 12.2. The highest BCUT2D eigenvalue weighted by atomic mass is 32.2. The van der Waals surface area contributed by atoms with Crippen molar-refractivity contribution in [1.82, 2.24) is 5.32 Å². The molecule has 0 bridgehead atoms. The second-order valence-electron chi connectivity index (χ2n) is 6.86. The molecule has 0 fully saturated rings. The molecule has 29 heavy (non-hydrogen) atoms. The summed E-state index contributed by atoms with van der Waals surface area (Å²) in [4.78, 5) is 12.9. The van der Waals surface area contributed by atoms with Crippen LogP contribution in [0.2, 0.25) is 0 Å². The summed E-state index contributed by atoms with van der Waals surface area (Å²) >= 11 is 0. The third-order valence-electron chi connectivity index (χ3n) is 4.62. The Bertz CT molecular complexity index is 1050. The summed E-state index contributed by atoms with van der Waals surface area (Å²) in [6, 6.07) is 24.4. The van der Waals surface area contributed by atoms with E-state index in [-0.39, 0.29) is 23.4 Å². The number of benzene rings is 3. The van der Waals surface area contributed by atoms with Crippen LogP contribution in [-0.2, 0) is 14.8 Å². The third-order valence-corrected chi connectivity index (χ3v) is 6.41. The van der Waals surface area contributed by atoms with Crippen LogP contribution < -0.4 is 9.62 Å². The van der Waals surface area contributed by atoms with Gasteiger partial charge in [-0.25, -0.2) is 8.42 Å². The topological polar surface area (TPSA) is 66.5 Å². The first-order valence-electron chi connectivity index (χ1n) is 9.36. The van der Waals surface area contributed by atoms with Gasteiger partial charge >= 0.3 is 0 Å². The second kappa shape index (κ2) is 8.92. The maximum Gasteiger partial charge on any atom is 0.264 e. The van der Waals surface area contributed by atoms with E-state index in [0.29, 0.717) is 5.69 Å². The molecule has 0 radical (unpaired) electrons. The van der Waals surface area contributed by atoms with Crippen molar-refractivity contribution < 1.29 is 13.2 Å². The second-order valence-corrected chi connectivity index (χ2v) is 8.72. The number of carbonyl (C=O) groups excluding carboxylic acids is 1. The van der Waals surface area contributed by atoms with Gasteiger partial charge in [0.05, 0.1) is 16.6 Å². The number of aryl methyl sites for hydroxylation is 1. The molecular formula is C23H24N2O3S. The molecule has 1 atom stereocenters. The molecule has 0 aliphatic carbocycles. The average molecular weight is 409 g/mol. The molecule has 5 nitrogen and oxygen atoms in total. The van der Waals surface area contributed by atoms with Gasteiger partial charge in [-0.2, -0.15) is 0 Å². The number of nitrogens with one attached hydrogen (secondary N) is 1. The molecule has 0 saturated carbocycles. The summed E-state index contributed by atoms with van der Waals surface area (Å²) < 4.78 is 27.6. The lowest BCUT2D eigenvalue weighted by molar-refractivity contribution is -0.120. The predicted octanol–water partition coefficient (Wildman–Crippen LogP) is 4.07. The third kappa shape index (κ3) is 5.03. The molecule has 1 N–H and O–H groups in total. The van der Waals surface area contributed by atoms with Gasteiger partial charge in [-0.3, -0.25) is 9.10 Å². The van der Waals surface area contributed by atoms with Gasteiger partial charge in [0, 0.05) is 0 Å². The van der Waals surface area contributed by atoms with Crippen LogP contribution >= 0.6 is 0 Å².